The second-order valence-electron chi connectivity index (χ2n) is 4.69. The Labute approximate surface area is 113 Å². The van der Waals surface area contributed by atoms with Gasteiger partial charge in [-0.25, -0.2) is 0 Å². The van der Waals surface area contributed by atoms with Gasteiger partial charge < -0.3 is 10.0 Å². The first-order chi connectivity index (χ1) is 8.45. The van der Waals surface area contributed by atoms with Gasteiger partial charge in [0.05, 0.1) is 0 Å². The average molecular weight is 270 g/mol. The van der Waals surface area contributed by atoms with E-state index in [1.807, 2.05) is 32.9 Å². The van der Waals surface area contributed by atoms with E-state index in [4.69, 9.17) is 16.7 Å². The van der Waals surface area contributed by atoms with Crippen molar-refractivity contribution in [3.63, 3.8) is 0 Å². The van der Waals surface area contributed by atoms with Crippen molar-refractivity contribution in [2.75, 3.05) is 13.2 Å². The van der Waals surface area contributed by atoms with Crippen LogP contribution in [0.5, 0.6) is 0 Å². The molecule has 0 bridgehead atoms. The summed E-state index contributed by atoms with van der Waals surface area (Å²) in [5.41, 5.74) is 1.57. The maximum absolute atomic E-state index is 12.4. The number of carbonyl (C=O) groups is 1. The molecular formula is C14H20ClNO2. The van der Waals surface area contributed by atoms with Crippen molar-refractivity contribution in [3.8, 4) is 0 Å². The Morgan fingerprint density at radius 2 is 2.06 bits per heavy atom. The lowest BCUT2D eigenvalue weighted by Crippen LogP contribution is -2.38. The quantitative estimate of drug-likeness (QED) is 0.893. The van der Waals surface area contributed by atoms with Gasteiger partial charge in [-0.2, -0.15) is 0 Å². The molecule has 100 valence electrons. The third kappa shape index (κ3) is 4.00. The average Bonchev–Trinajstić information content (AvgIpc) is 2.27. The molecule has 0 aliphatic rings. The Bertz CT molecular complexity index is 398. The number of nitrogens with zero attached hydrogens (tertiary/aromatic N) is 1. The minimum absolute atomic E-state index is 0.0379. The fraction of sp³-hybridized carbons (Fsp3) is 0.500. The molecule has 0 heterocycles. The Balaban J connectivity index is 2.94. The van der Waals surface area contributed by atoms with Crippen LogP contribution in [0.15, 0.2) is 18.2 Å². The predicted octanol–water partition coefficient (Wildman–Crippen LogP) is 2.88. The summed E-state index contributed by atoms with van der Waals surface area (Å²) in [5.74, 6) is -0.0379. The molecule has 0 radical (unpaired) electrons. The first-order valence-electron chi connectivity index (χ1n) is 6.14. The summed E-state index contributed by atoms with van der Waals surface area (Å²) in [4.78, 5) is 14.1. The number of aliphatic hydroxyl groups excluding tert-OH is 1. The molecule has 0 unspecified atom stereocenters. The van der Waals surface area contributed by atoms with Crippen LogP contribution in [0.25, 0.3) is 0 Å². The van der Waals surface area contributed by atoms with Crippen molar-refractivity contribution in [2.24, 2.45) is 0 Å². The molecule has 0 fully saturated rings. The molecule has 0 aliphatic carbocycles. The fourth-order valence-electron chi connectivity index (χ4n) is 1.86. The van der Waals surface area contributed by atoms with Gasteiger partial charge in [0.1, 0.15) is 0 Å². The van der Waals surface area contributed by atoms with E-state index in [1.54, 1.807) is 11.0 Å². The van der Waals surface area contributed by atoms with E-state index >= 15 is 0 Å². The molecule has 1 amide bonds. The highest BCUT2D eigenvalue weighted by molar-refractivity contribution is 6.31. The van der Waals surface area contributed by atoms with Crippen molar-refractivity contribution < 1.29 is 9.90 Å². The highest BCUT2D eigenvalue weighted by Gasteiger charge is 2.18. The van der Waals surface area contributed by atoms with E-state index < -0.39 is 0 Å². The zero-order valence-corrected chi connectivity index (χ0v) is 11.9. The second kappa shape index (κ2) is 6.76. The third-order valence-corrected chi connectivity index (χ3v) is 2.95. The molecule has 0 saturated carbocycles. The number of aryl methyl sites for hydroxylation is 1. The van der Waals surface area contributed by atoms with Crippen molar-refractivity contribution in [2.45, 2.75) is 33.2 Å². The number of halogens is 1. The predicted molar refractivity (Wildman–Crippen MR) is 74.1 cm³/mol. The zero-order valence-electron chi connectivity index (χ0n) is 11.1. The molecule has 0 atom stereocenters. The van der Waals surface area contributed by atoms with Crippen LogP contribution >= 0.6 is 11.6 Å². The number of hydrogen-bond donors (Lipinski definition) is 1. The van der Waals surface area contributed by atoms with E-state index in [0.717, 1.165) is 5.56 Å². The minimum Gasteiger partial charge on any atom is -0.396 e. The summed E-state index contributed by atoms with van der Waals surface area (Å²) >= 11 is 5.97. The number of aliphatic hydroxyl groups is 1. The van der Waals surface area contributed by atoms with Crippen LogP contribution in [0, 0.1) is 6.92 Å². The highest BCUT2D eigenvalue weighted by Crippen LogP contribution is 2.17. The van der Waals surface area contributed by atoms with Gasteiger partial charge in [-0.3, -0.25) is 4.79 Å². The molecule has 0 spiro atoms. The largest absolute Gasteiger partial charge is 0.396 e. The Morgan fingerprint density at radius 1 is 1.39 bits per heavy atom. The van der Waals surface area contributed by atoms with Crippen LogP contribution in [0.2, 0.25) is 5.02 Å². The van der Waals surface area contributed by atoms with Crippen LogP contribution in [0.1, 0.15) is 36.2 Å². The Morgan fingerprint density at radius 3 is 2.56 bits per heavy atom. The van der Waals surface area contributed by atoms with E-state index in [2.05, 4.69) is 0 Å². The monoisotopic (exact) mass is 269 g/mol. The summed E-state index contributed by atoms with van der Waals surface area (Å²) in [6, 6.07) is 5.45. The van der Waals surface area contributed by atoms with Crippen LogP contribution < -0.4 is 0 Å². The van der Waals surface area contributed by atoms with Gasteiger partial charge in [0.25, 0.3) is 5.91 Å². The molecule has 3 nitrogen and oxygen atoms in total. The smallest absolute Gasteiger partial charge is 0.254 e. The molecule has 0 saturated heterocycles. The van der Waals surface area contributed by atoms with Crippen molar-refractivity contribution >= 4 is 17.5 Å². The molecule has 4 heteroatoms. The van der Waals surface area contributed by atoms with Crippen molar-refractivity contribution in [1.29, 1.82) is 0 Å². The third-order valence-electron chi connectivity index (χ3n) is 2.73. The van der Waals surface area contributed by atoms with Crippen LogP contribution in [-0.4, -0.2) is 35.1 Å². The molecular weight excluding hydrogens is 250 g/mol. The first kappa shape index (κ1) is 15.0. The number of benzene rings is 1. The normalized spacial score (nSPS) is 10.8. The van der Waals surface area contributed by atoms with Crippen molar-refractivity contribution in [3.05, 3.63) is 34.3 Å². The van der Waals surface area contributed by atoms with Gasteiger partial charge in [0, 0.05) is 29.8 Å². The summed E-state index contributed by atoms with van der Waals surface area (Å²) in [6.07, 6.45) is 0.587. The lowest BCUT2D eigenvalue weighted by atomic mass is 10.1. The molecule has 0 aromatic heterocycles. The van der Waals surface area contributed by atoms with Gasteiger partial charge in [0.2, 0.25) is 0 Å². The molecule has 0 aliphatic heterocycles. The van der Waals surface area contributed by atoms with E-state index in [0.29, 0.717) is 23.6 Å². The molecule has 1 N–H and O–H groups in total. The summed E-state index contributed by atoms with van der Waals surface area (Å²) in [7, 11) is 0. The minimum atomic E-state index is -0.0379. The van der Waals surface area contributed by atoms with Gasteiger partial charge in [-0.15, -0.1) is 0 Å². The van der Waals surface area contributed by atoms with E-state index in [-0.39, 0.29) is 18.6 Å². The van der Waals surface area contributed by atoms with Gasteiger partial charge in [-0.05, 0) is 51.0 Å². The lowest BCUT2D eigenvalue weighted by Gasteiger charge is -2.26. The maximum atomic E-state index is 12.4. The summed E-state index contributed by atoms with van der Waals surface area (Å²) in [5, 5.41) is 9.45. The van der Waals surface area contributed by atoms with Crippen molar-refractivity contribution in [1.82, 2.24) is 4.90 Å². The molecule has 1 aromatic carbocycles. The van der Waals surface area contributed by atoms with E-state index in [9.17, 15) is 4.79 Å². The first-order valence-corrected chi connectivity index (χ1v) is 6.52. The fourth-order valence-corrected chi connectivity index (χ4v) is 2.15. The molecule has 18 heavy (non-hydrogen) atoms. The topological polar surface area (TPSA) is 40.5 Å². The number of carbonyl (C=O) groups excluding carboxylic acids is 1. The standard InChI is InChI=1S/C14H20ClNO2/c1-10(2)16(5-4-6-17)14(18)12-7-11(3)8-13(15)9-12/h7-10,17H,4-6H2,1-3H3. The van der Waals surface area contributed by atoms with Gasteiger partial charge in [0.15, 0.2) is 0 Å². The number of hydrogen-bond acceptors (Lipinski definition) is 2. The highest BCUT2D eigenvalue weighted by atomic mass is 35.5. The number of amides is 1. The van der Waals surface area contributed by atoms with Crippen LogP contribution in [-0.2, 0) is 0 Å². The second-order valence-corrected chi connectivity index (χ2v) is 5.12. The zero-order chi connectivity index (χ0) is 13.7. The van der Waals surface area contributed by atoms with Crippen LogP contribution in [0.3, 0.4) is 0 Å². The summed E-state index contributed by atoms with van der Waals surface area (Å²) in [6.45, 7) is 6.49. The lowest BCUT2D eigenvalue weighted by molar-refractivity contribution is 0.0693. The maximum Gasteiger partial charge on any atom is 0.254 e. The van der Waals surface area contributed by atoms with E-state index in [1.165, 1.54) is 0 Å². The van der Waals surface area contributed by atoms with Crippen LogP contribution in [0.4, 0.5) is 0 Å². The Kier molecular flexibility index (Phi) is 5.63. The summed E-state index contributed by atoms with van der Waals surface area (Å²) < 4.78 is 0. The molecule has 1 rings (SSSR count). The molecule has 1 aromatic rings. The SMILES string of the molecule is Cc1cc(Cl)cc(C(=O)N(CCCO)C(C)C)c1. The Hall–Kier alpha value is -1.06. The van der Waals surface area contributed by atoms with Gasteiger partial charge in [-0.1, -0.05) is 11.6 Å². The number of rotatable bonds is 5. The van der Waals surface area contributed by atoms with Gasteiger partial charge >= 0.3 is 0 Å².